The molecule has 1 amide bonds. The largest absolute Gasteiger partial charge is 0.383 e. The van der Waals surface area contributed by atoms with Crippen LogP contribution in [-0.4, -0.2) is 60.5 Å². The molecule has 0 aromatic carbocycles. The van der Waals surface area contributed by atoms with Crippen LogP contribution in [0.5, 0.6) is 0 Å². The molecule has 3 rings (SSSR count). The van der Waals surface area contributed by atoms with E-state index in [1.165, 1.54) is 0 Å². The smallest absolute Gasteiger partial charge is 0.276 e. The van der Waals surface area contributed by atoms with Gasteiger partial charge < -0.3 is 18.9 Å². The highest BCUT2D eigenvalue weighted by atomic mass is 16.5. The van der Waals surface area contributed by atoms with Crippen LogP contribution in [0.1, 0.15) is 16.9 Å². The molecule has 0 saturated carbocycles. The van der Waals surface area contributed by atoms with Crippen LogP contribution in [0.15, 0.2) is 35.1 Å². The number of likely N-dealkylation sites (tertiary alicyclic amines) is 1. The molecule has 7 nitrogen and oxygen atoms in total. The van der Waals surface area contributed by atoms with E-state index in [1.54, 1.807) is 49.7 Å². The number of pyridine rings is 1. The second-order valence-electron chi connectivity index (χ2n) is 5.47. The summed E-state index contributed by atoms with van der Waals surface area (Å²) in [6.07, 6.45) is 4.10. The molecule has 0 spiro atoms. The van der Waals surface area contributed by atoms with Crippen LogP contribution < -0.4 is 0 Å². The first-order valence-electron chi connectivity index (χ1n) is 7.42. The van der Waals surface area contributed by atoms with Gasteiger partial charge in [0.2, 0.25) is 0 Å². The molecule has 1 aliphatic heterocycles. The molecule has 1 saturated heterocycles. The number of rotatable bonds is 5. The molecular formula is C16H19N3O4. The number of methoxy groups -OCH3 is 2. The lowest BCUT2D eigenvalue weighted by molar-refractivity contribution is 0.0602. The minimum absolute atomic E-state index is 0.0153. The monoisotopic (exact) mass is 317 g/mol. The van der Waals surface area contributed by atoms with Gasteiger partial charge in [-0.15, -0.1) is 0 Å². The van der Waals surface area contributed by atoms with E-state index in [0.717, 1.165) is 12.0 Å². The van der Waals surface area contributed by atoms with Crippen LogP contribution >= 0.6 is 0 Å². The second-order valence-corrected chi connectivity index (χ2v) is 5.47. The fourth-order valence-corrected chi connectivity index (χ4v) is 2.82. The number of hydrogen-bond acceptors (Lipinski definition) is 6. The number of amides is 1. The summed E-state index contributed by atoms with van der Waals surface area (Å²) >= 11 is 0. The molecule has 122 valence electrons. The fraction of sp³-hybridized carbons (Fsp3) is 0.438. The van der Waals surface area contributed by atoms with Gasteiger partial charge in [0, 0.05) is 44.8 Å². The lowest BCUT2D eigenvalue weighted by Gasteiger charge is -2.22. The normalized spacial score (nSPS) is 20.9. The van der Waals surface area contributed by atoms with Gasteiger partial charge in [-0.2, -0.15) is 0 Å². The highest BCUT2D eigenvalue weighted by Gasteiger charge is 2.36. The lowest BCUT2D eigenvalue weighted by atomic mass is 10.2. The average Bonchev–Trinajstić information content (AvgIpc) is 3.22. The Labute approximate surface area is 134 Å². The summed E-state index contributed by atoms with van der Waals surface area (Å²) in [4.78, 5) is 18.4. The van der Waals surface area contributed by atoms with Gasteiger partial charge in [0.1, 0.15) is 0 Å². The zero-order valence-corrected chi connectivity index (χ0v) is 13.1. The van der Waals surface area contributed by atoms with Gasteiger partial charge in [-0.1, -0.05) is 5.16 Å². The minimum atomic E-state index is -0.171. The van der Waals surface area contributed by atoms with E-state index in [-0.39, 0.29) is 23.7 Å². The predicted octanol–water partition coefficient (Wildman–Crippen LogP) is 1.61. The molecule has 7 heteroatoms. The van der Waals surface area contributed by atoms with E-state index < -0.39 is 0 Å². The van der Waals surface area contributed by atoms with Crippen molar-refractivity contribution in [3.8, 4) is 11.3 Å². The third-order valence-corrected chi connectivity index (χ3v) is 4.02. The Bertz CT molecular complexity index is 658. The quantitative estimate of drug-likeness (QED) is 0.834. The number of ether oxygens (including phenoxy) is 2. The third-order valence-electron chi connectivity index (χ3n) is 4.02. The number of carbonyl (C=O) groups is 1. The van der Waals surface area contributed by atoms with Gasteiger partial charge in [0.05, 0.1) is 18.8 Å². The summed E-state index contributed by atoms with van der Waals surface area (Å²) in [6, 6.07) is 5.25. The van der Waals surface area contributed by atoms with Gasteiger partial charge in [0.15, 0.2) is 11.5 Å². The maximum absolute atomic E-state index is 12.7. The predicted molar refractivity (Wildman–Crippen MR) is 81.8 cm³/mol. The Morgan fingerprint density at radius 2 is 2.17 bits per heavy atom. The zero-order valence-electron chi connectivity index (χ0n) is 13.1. The first-order chi connectivity index (χ1) is 11.2. The van der Waals surface area contributed by atoms with Crippen molar-refractivity contribution in [2.75, 3.05) is 27.4 Å². The highest BCUT2D eigenvalue weighted by molar-refractivity contribution is 5.93. The maximum atomic E-state index is 12.7. The number of carbonyl (C=O) groups excluding carboxylic acids is 1. The van der Waals surface area contributed by atoms with Crippen molar-refractivity contribution < 1.29 is 18.8 Å². The van der Waals surface area contributed by atoms with Gasteiger partial charge in [-0.25, -0.2) is 0 Å². The van der Waals surface area contributed by atoms with Crippen molar-refractivity contribution in [3.63, 3.8) is 0 Å². The molecule has 0 N–H and O–H groups in total. The molecule has 0 radical (unpaired) electrons. The second kappa shape index (κ2) is 6.89. The fourth-order valence-electron chi connectivity index (χ4n) is 2.82. The summed E-state index contributed by atoms with van der Waals surface area (Å²) in [5.74, 6) is 0.372. The van der Waals surface area contributed by atoms with E-state index in [1.807, 2.05) is 0 Å². The Morgan fingerprint density at radius 1 is 1.39 bits per heavy atom. The number of hydrogen-bond donors (Lipinski definition) is 0. The topological polar surface area (TPSA) is 77.7 Å². The Balaban J connectivity index is 1.79. The highest BCUT2D eigenvalue weighted by Crippen LogP contribution is 2.25. The molecule has 23 heavy (non-hydrogen) atoms. The van der Waals surface area contributed by atoms with Gasteiger partial charge in [0.25, 0.3) is 5.91 Å². The van der Waals surface area contributed by atoms with Crippen LogP contribution in [0.4, 0.5) is 0 Å². The van der Waals surface area contributed by atoms with Crippen molar-refractivity contribution in [1.29, 1.82) is 0 Å². The Kier molecular flexibility index (Phi) is 4.68. The number of nitrogens with zero attached hydrogens (tertiary/aromatic N) is 3. The lowest BCUT2D eigenvalue weighted by Crippen LogP contribution is -2.38. The van der Waals surface area contributed by atoms with Crippen LogP contribution in [0.25, 0.3) is 11.3 Å². The van der Waals surface area contributed by atoms with E-state index in [2.05, 4.69) is 10.1 Å². The maximum Gasteiger partial charge on any atom is 0.276 e. The molecule has 1 fully saturated rings. The van der Waals surface area contributed by atoms with E-state index in [0.29, 0.717) is 18.9 Å². The van der Waals surface area contributed by atoms with Crippen LogP contribution in [0.3, 0.4) is 0 Å². The Hall–Kier alpha value is -2.25. The van der Waals surface area contributed by atoms with Crippen molar-refractivity contribution in [2.45, 2.75) is 18.6 Å². The van der Waals surface area contributed by atoms with Crippen LogP contribution in [0.2, 0.25) is 0 Å². The molecule has 1 aliphatic rings. The van der Waals surface area contributed by atoms with Crippen molar-refractivity contribution >= 4 is 5.91 Å². The van der Waals surface area contributed by atoms with E-state index in [9.17, 15) is 4.79 Å². The van der Waals surface area contributed by atoms with Gasteiger partial charge in [-0.3, -0.25) is 9.78 Å². The molecule has 3 heterocycles. The Morgan fingerprint density at radius 3 is 2.87 bits per heavy atom. The molecule has 2 atom stereocenters. The summed E-state index contributed by atoms with van der Waals surface area (Å²) in [5, 5.41) is 3.91. The molecule has 2 aromatic rings. The number of aromatic nitrogens is 2. The van der Waals surface area contributed by atoms with Crippen molar-refractivity contribution in [3.05, 3.63) is 36.3 Å². The van der Waals surface area contributed by atoms with Gasteiger partial charge in [-0.05, 0) is 18.6 Å². The van der Waals surface area contributed by atoms with E-state index >= 15 is 0 Å². The molecular weight excluding hydrogens is 298 g/mol. The first kappa shape index (κ1) is 15.6. The average molecular weight is 317 g/mol. The van der Waals surface area contributed by atoms with Crippen LogP contribution in [0, 0.1) is 0 Å². The third kappa shape index (κ3) is 3.25. The van der Waals surface area contributed by atoms with Crippen molar-refractivity contribution in [2.24, 2.45) is 0 Å². The van der Waals surface area contributed by atoms with E-state index in [4.69, 9.17) is 14.0 Å². The summed E-state index contributed by atoms with van der Waals surface area (Å²) in [7, 11) is 3.28. The van der Waals surface area contributed by atoms with Gasteiger partial charge >= 0.3 is 0 Å². The summed E-state index contributed by atoms with van der Waals surface area (Å²) < 4.78 is 15.9. The minimum Gasteiger partial charge on any atom is -0.383 e. The first-order valence-corrected chi connectivity index (χ1v) is 7.42. The molecule has 0 aliphatic carbocycles. The molecule has 0 bridgehead atoms. The molecule has 2 aromatic heterocycles. The van der Waals surface area contributed by atoms with Crippen molar-refractivity contribution in [1.82, 2.24) is 15.0 Å². The SMILES string of the molecule is COC[C@@H]1C[C@H](OC)CN1C(=O)c1cc(-c2ccncc2)on1. The molecule has 0 unspecified atom stereocenters. The van der Waals surface area contributed by atoms with Crippen LogP contribution in [-0.2, 0) is 9.47 Å². The summed E-state index contributed by atoms with van der Waals surface area (Å²) in [6.45, 7) is 1.00. The standard InChI is InChI=1S/C16H19N3O4/c1-21-10-12-7-13(22-2)9-19(12)16(20)14-8-15(23-18-14)11-3-5-17-6-4-11/h3-6,8,12-13H,7,9-10H2,1-2H3/t12-,13-/m0/s1. The zero-order chi connectivity index (χ0) is 16.2. The summed E-state index contributed by atoms with van der Waals surface area (Å²) in [5.41, 5.74) is 1.12.